The standard InChI is InChI=1S/C13H26N2O4/c1-4-5-6-15(2)7-11-13(17)10(8-19-11)14-12(16)9-18-3/h10-11,13,17H,4-9H2,1-3H3,(H,14,16). The van der Waals surface area contributed by atoms with Gasteiger partial charge in [-0.25, -0.2) is 0 Å². The molecule has 1 amide bonds. The fourth-order valence-corrected chi connectivity index (χ4v) is 2.18. The summed E-state index contributed by atoms with van der Waals surface area (Å²) in [4.78, 5) is 13.6. The summed E-state index contributed by atoms with van der Waals surface area (Å²) < 4.78 is 10.3. The van der Waals surface area contributed by atoms with E-state index in [1.807, 2.05) is 7.05 Å². The maximum atomic E-state index is 11.4. The van der Waals surface area contributed by atoms with E-state index in [-0.39, 0.29) is 24.7 Å². The minimum absolute atomic E-state index is 0.00426. The highest BCUT2D eigenvalue weighted by molar-refractivity contribution is 5.77. The largest absolute Gasteiger partial charge is 0.388 e. The van der Waals surface area contributed by atoms with E-state index in [1.54, 1.807) is 0 Å². The predicted octanol–water partition coefficient (Wildman–Crippen LogP) is -0.391. The predicted molar refractivity (Wildman–Crippen MR) is 72.0 cm³/mol. The molecule has 2 N–H and O–H groups in total. The topological polar surface area (TPSA) is 71.0 Å². The number of aliphatic hydroxyl groups excluding tert-OH is 1. The fourth-order valence-electron chi connectivity index (χ4n) is 2.18. The summed E-state index contributed by atoms with van der Waals surface area (Å²) in [5, 5.41) is 12.9. The number of amides is 1. The molecule has 1 rings (SSSR count). The summed E-state index contributed by atoms with van der Waals surface area (Å²) in [6.45, 7) is 4.17. The van der Waals surface area contributed by atoms with Crippen molar-refractivity contribution in [1.29, 1.82) is 0 Å². The van der Waals surface area contributed by atoms with Gasteiger partial charge in [0.05, 0.1) is 18.8 Å². The van der Waals surface area contributed by atoms with Gasteiger partial charge >= 0.3 is 0 Å². The summed E-state index contributed by atoms with van der Waals surface area (Å²) in [5.74, 6) is -0.227. The third-order valence-corrected chi connectivity index (χ3v) is 3.29. The summed E-state index contributed by atoms with van der Waals surface area (Å²) in [6, 6.07) is -0.341. The molecule has 19 heavy (non-hydrogen) atoms. The highest BCUT2D eigenvalue weighted by Crippen LogP contribution is 2.15. The van der Waals surface area contributed by atoms with Crippen molar-refractivity contribution in [2.75, 3.05) is 40.5 Å². The van der Waals surface area contributed by atoms with Crippen LogP contribution in [0.25, 0.3) is 0 Å². The molecule has 1 aliphatic rings. The molecular weight excluding hydrogens is 248 g/mol. The molecule has 1 aliphatic heterocycles. The van der Waals surface area contributed by atoms with Crippen LogP contribution in [0.15, 0.2) is 0 Å². The molecule has 3 atom stereocenters. The van der Waals surface area contributed by atoms with Gasteiger partial charge in [0.2, 0.25) is 5.91 Å². The molecule has 0 aliphatic carbocycles. The molecule has 0 spiro atoms. The van der Waals surface area contributed by atoms with Crippen molar-refractivity contribution in [2.45, 2.75) is 38.0 Å². The quantitative estimate of drug-likeness (QED) is 0.631. The maximum absolute atomic E-state index is 11.4. The molecule has 6 nitrogen and oxygen atoms in total. The first-order chi connectivity index (χ1) is 9.08. The number of nitrogens with zero attached hydrogens (tertiary/aromatic N) is 1. The van der Waals surface area contributed by atoms with Gasteiger partial charge in [0.25, 0.3) is 0 Å². The highest BCUT2D eigenvalue weighted by Gasteiger charge is 2.37. The van der Waals surface area contributed by atoms with Gasteiger partial charge in [-0.3, -0.25) is 4.79 Å². The van der Waals surface area contributed by atoms with Gasteiger partial charge in [0.1, 0.15) is 12.7 Å². The molecule has 0 bridgehead atoms. The van der Waals surface area contributed by atoms with Crippen LogP contribution in [0.3, 0.4) is 0 Å². The van der Waals surface area contributed by atoms with Crippen LogP contribution in [0.1, 0.15) is 19.8 Å². The minimum atomic E-state index is -0.662. The van der Waals surface area contributed by atoms with Crippen LogP contribution in [0.5, 0.6) is 0 Å². The Balaban J connectivity index is 2.33. The number of aliphatic hydroxyl groups is 1. The normalized spacial score (nSPS) is 26.9. The second-order valence-corrected chi connectivity index (χ2v) is 5.09. The van der Waals surface area contributed by atoms with Crippen molar-refractivity contribution in [3.8, 4) is 0 Å². The van der Waals surface area contributed by atoms with Gasteiger partial charge in [-0.2, -0.15) is 0 Å². The summed E-state index contributed by atoms with van der Waals surface area (Å²) in [6.07, 6.45) is 1.38. The van der Waals surface area contributed by atoms with Crippen LogP contribution >= 0.6 is 0 Å². The molecule has 0 aromatic heterocycles. The zero-order chi connectivity index (χ0) is 14.3. The monoisotopic (exact) mass is 274 g/mol. The lowest BCUT2D eigenvalue weighted by Gasteiger charge is -2.23. The summed E-state index contributed by atoms with van der Waals surface area (Å²) >= 11 is 0. The van der Waals surface area contributed by atoms with Crippen molar-refractivity contribution >= 4 is 5.91 Å². The average molecular weight is 274 g/mol. The average Bonchev–Trinajstić information content (AvgIpc) is 2.69. The first kappa shape index (κ1) is 16.4. The van der Waals surface area contributed by atoms with Crippen molar-refractivity contribution in [3.63, 3.8) is 0 Å². The second kappa shape index (κ2) is 8.47. The molecule has 112 valence electrons. The molecule has 0 aromatic carbocycles. The number of likely N-dealkylation sites (N-methyl/N-ethyl adjacent to an activating group) is 1. The van der Waals surface area contributed by atoms with E-state index in [2.05, 4.69) is 17.1 Å². The Kier molecular flexibility index (Phi) is 7.30. The van der Waals surface area contributed by atoms with Crippen molar-refractivity contribution < 1.29 is 19.4 Å². The lowest BCUT2D eigenvalue weighted by molar-refractivity contribution is -0.126. The van der Waals surface area contributed by atoms with Crippen molar-refractivity contribution in [2.24, 2.45) is 0 Å². The first-order valence-corrected chi connectivity index (χ1v) is 6.85. The van der Waals surface area contributed by atoms with Crippen LogP contribution in [0.4, 0.5) is 0 Å². The number of hydrogen-bond donors (Lipinski definition) is 2. The Morgan fingerprint density at radius 3 is 2.95 bits per heavy atom. The smallest absolute Gasteiger partial charge is 0.246 e. The van der Waals surface area contributed by atoms with E-state index in [1.165, 1.54) is 7.11 Å². The Hall–Kier alpha value is -0.690. The van der Waals surface area contributed by atoms with E-state index >= 15 is 0 Å². The third-order valence-electron chi connectivity index (χ3n) is 3.29. The minimum Gasteiger partial charge on any atom is -0.388 e. The lowest BCUT2D eigenvalue weighted by atomic mass is 10.1. The van der Waals surface area contributed by atoms with Crippen LogP contribution < -0.4 is 5.32 Å². The van der Waals surface area contributed by atoms with Gasteiger partial charge in [-0.15, -0.1) is 0 Å². The van der Waals surface area contributed by atoms with Gasteiger partial charge < -0.3 is 24.8 Å². The number of rotatable bonds is 8. The van der Waals surface area contributed by atoms with Crippen LogP contribution in [-0.2, 0) is 14.3 Å². The number of carbonyl (C=O) groups excluding carboxylic acids is 1. The molecular formula is C13H26N2O4. The Morgan fingerprint density at radius 1 is 1.58 bits per heavy atom. The van der Waals surface area contributed by atoms with E-state index in [4.69, 9.17) is 9.47 Å². The lowest BCUT2D eigenvalue weighted by Crippen LogP contribution is -2.47. The van der Waals surface area contributed by atoms with E-state index in [9.17, 15) is 9.90 Å². The molecule has 0 radical (unpaired) electrons. The number of hydrogen-bond acceptors (Lipinski definition) is 5. The van der Waals surface area contributed by atoms with Gasteiger partial charge in [-0.05, 0) is 20.0 Å². The zero-order valence-corrected chi connectivity index (χ0v) is 12.1. The molecule has 1 fully saturated rings. The van der Waals surface area contributed by atoms with Gasteiger partial charge in [-0.1, -0.05) is 13.3 Å². The Labute approximate surface area is 115 Å². The zero-order valence-electron chi connectivity index (χ0n) is 12.1. The highest BCUT2D eigenvalue weighted by atomic mass is 16.5. The van der Waals surface area contributed by atoms with Crippen LogP contribution in [-0.4, -0.2) is 74.6 Å². The molecule has 0 aromatic rings. The van der Waals surface area contributed by atoms with E-state index in [0.29, 0.717) is 13.2 Å². The van der Waals surface area contributed by atoms with E-state index < -0.39 is 6.10 Å². The van der Waals surface area contributed by atoms with Gasteiger partial charge in [0.15, 0.2) is 0 Å². The van der Waals surface area contributed by atoms with Crippen molar-refractivity contribution in [1.82, 2.24) is 10.2 Å². The summed E-state index contributed by atoms with van der Waals surface area (Å²) in [7, 11) is 3.48. The molecule has 0 saturated carbocycles. The number of ether oxygens (including phenoxy) is 2. The number of nitrogens with one attached hydrogen (secondary N) is 1. The van der Waals surface area contributed by atoms with Gasteiger partial charge in [0, 0.05) is 13.7 Å². The molecule has 3 unspecified atom stereocenters. The molecule has 6 heteroatoms. The van der Waals surface area contributed by atoms with Crippen molar-refractivity contribution in [3.05, 3.63) is 0 Å². The Morgan fingerprint density at radius 2 is 2.32 bits per heavy atom. The number of methoxy groups -OCH3 is 1. The number of unbranched alkanes of at least 4 members (excludes halogenated alkanes) is 1. The van der Waals surface area contributed by atoms with E-state index in [0.717, 1.165) is 19.4 Å². The SMILES string of the molecule is CCCCN(C)CC1OCC(NC(=O)COC)C1O. The number of carbonyl (C=O) groups is 1. The van der Waals surface area contributed by atoms with Crippen LogP contribution in [0, 0.1) is 0 Å². The molecule has 1 saturated heterocycles. The molecule has 1 heterocycles. The first-order valence-electron chi connectivity index (χ1n) is 6.85. The fraction of sp³-hybridized carbons (Fsp3) is 0.923. The van der Waals surface area contributed by atoms with Crippen LogP contribution in [0.2, 0.25) is 0 Å². The summed E-state index contributed by atoms with van der Waals surface area (Å²) in [5.41, 5.74) is 0. The maximum Gasteiger partial charge on any atom is 0.246 e. The third kappa shape index (κ3) is 5.44. The second-order valence-electron chi connectivity index (χ2n) is 5.09. The Bertz CT molecular complexity index is 275.